The second-order valence-electron chi connectivity index (χ2n) is 5.85. The first kappa shape index (κ1) is 17.0. The first-order chi connectivity index (χ1) is 12.1. The lowest BCUT2D eigenvalue weighted by Crippen LogP contribution is -2.27. The molecule has 6 heteroatoms. The number of pyridine rings is 1. The number of phenols is 2. The minimum absolute atomic E-state index is 0.0117. The van der Waals surface area contributed by atoms with E-state index in [1.807, 2.05) is 12.1 Å². The summed E-state index contributed by atoms with van der Waals surface area (Å²) < 4.78 is 0. The molecule has 0 fully saturated rings. The number of phenolic OH excluding ortho intramolecular Hbond substituents is 2. The van der Waals surface area contributed by atoms with Crippen LogP contribution < -0.4 is 10.9 Å². The van der Waals surface area contributed by atoms with Gasteiger partial charge >= 0.3 is 0 Å². The van der Waals surface area contributed by atoms with Gasteiger partial charge in [0.15, 0.2) is 0 Å². The lowest BCUT2D eigenvalue weighted by Gasteiger charge is -2.19. The summed E-state index contributed by atoms with van der Waals surface area (Å²) in [4.78, 5) is 14.1. The van der Waals surface area contributed by atoms with Crippen LogP contribution in [-0.2, 0) is 6.42 Å². The average molecular weight is 340 g/mol. The number of hydrogen-bond donors (Lipinski definition) is 5. The zero-order valence-electron chi connectivity index (χ0n) is 13.6. The van der Waals surface area contributed by atoms with E-state index in [1.54, 1.807) is 24.3 Å². The molecule has 0 aliphatic carbocycles. The lowest BCUT2D eigenvalue weighted by atomic mass is 10.0. The summed E-state index contributed by atoms with van der Waals surface area (Å²) in [5.74, 6) is 0.236. The molecule has 0 saturated heterocycles. The number of benzene rings is 2. The zero-order valence-corrected chi connectivity index (χ0v) is 13.6. The fourth-order valence-electron chi connectivity index (χ4n) is 2.94. The Balaban J connectivity index is 1.82. The summed E-state index contributed by atoms with van der Waals surface area (Å²) in [5.41, 5.74) is 1.66. The molecule has 0 radical (unpaired) electrons. The van der Waals surface area contributed by atoms with Crippen molar-refractivity contribution in [1.82, 2.24) is 10.3 Å². The predicted molar refractivity (Wildman–Crippen MR) is 95.9 cm³/mol. The number of aliphatic hydroxyl groups is 1. The molecule has 1 unspecified atom stereocenters. The van der Waals surface area contributed by atoms with Crippen LogP contribution in [0.1, 0.15) is 17.2 Å². The van der Waals surface area contributed by atoms with Gasteiger partial charge in [-0.05, 0) is 42.3 Å². The van der Waals surface area contributed by atoms with Gasteiger partial charge in [-0.2, -0.15) is 0 Å². The third-order valence-corrected chi connectivity index (χ3v) is 4.24. The van der Waals surface area contributed by atoms with Gasteiger partial charge in [0.2, 0.25) is 5.56 Å². The van der Waals surface area contributed by atoms with Gasteiger partial charge in [0.05, 0.1) is 18.2 Å². The molecule has 25 heavy (non-hydrogen) atoms. The molecule has 1 aromatic heterocycles. The Hall–Kier alpha value is -2.83. The fraction of sp³-hybridized carbons (Fsp3) is 0.211. The predicted octanol–water partition coefficient (Wildman–Crippen LogP) is 1.80. The number of aromatic nitrogens is 1. The summed E-state index contributed by atoms with van der Waals surface area (Å²) >= 11 is 0. The maximum Gasteiger partial charge on any atom is 0.248 e. The van der Waals surface area contributed by atoms with Crippen LogP contribution in [0.2, 0.25) is 0 Å². The molecule has 130 valence electrons. The SMILES string of the molecule is O=c1ccc2c(C(CO)NCCc3ccccc3O)ccc(O)c2[nH]1. The molecular formula is C19H20N2O4. The van der Waals surface area contributed by atoms with Crippen LogP contribution in [0.3, 0.4) is 0 Å². The highest BCUT2D eigenvalue weighted by Crippen LogP contribution is 2.28. The summed E-state index contributed by atoms with van der Waals surface area (Å²) in [7, 11) is 0. The van der Waals surface area contributed by atoms with Gasteiger partial charge in [0, 0.05) is 11.5 Å². The van der Waals surface area contributed by atoms with E-state index in [-0.39, 0.29) is 29.7 Å². The quantitative estimate of drug-likeness (QED) is 0.471. The minimum Gasteiger partial charge on any atom is -0.508 e. The summed E-state index contributed by atoms with van der Waals surface area (Å²) in [6.07, 6.45) is 0.607. The maximum atomic E-state index is 11.5. The standard InChI is InChI=1S/C19H20N2O4/c22-11-15(20-10-9-12-3-1-2-4-16(12)23)13-5-7-17(24)19-14(13)6-8-18(25)21-19/h1-8,15,20,22-24H,9-11H2,(H,21,25). The van der Waals surface area contributed by atoms with Crippen molar-refractivity contribution in [2.75, 3.05) is 13.2 Å². The van der Waals surface area contributed by atoms with E-state index in [0.717, 1.165) is 11.1 Å². The molecule has 5 N–H and O–H groups in total. The molecule has 0 aliphatic heterocycles. The van der Waals surface area contributed by atoms with Crippen molar-refractivity contribution in [1.29, 1.82) is 0 Å². The molecule has 0 aliphatic rings. The molecule has 0 amide bonds. The summed E-state index contributed by atoms with van der Waals surface area (Å²) in [5, 5.41) is 33.5. The van der Waals surface area contributed by atoms with Crippen LogP contribution >= 0.6 is 0 Å². The Morgan fingerprint density at radius 3 is 2.56 bits per heavy atom. The van der Waals surface area contributed by atoms with Crippen LogP contribution in [0, 0.1) is 0 Å². The maximum absolute atomic E-state index is 11.5. The van der Waals surface area contributed by atoms with Crippen molar-refractivity contribution in [3.8, 4) is 11.5 Å². The van der Waals surface area contributed by atoms with Crippen molar-refractivity contribution >= 4 is 10.9 Å². The van der Waals surface area contributed by atoms with Gasteiger partial charge in [0.1, 0.15) is 11.5 Å². The molecule has 0 bridgehead atoms. The average Bonchev–Trinajstić information content (AvgIpc) is 2.61. The molecule has 3 aromatic rings. The van der Waals surface area contributed by atoms with E-state index in [9.17, 15) is 20.1 Å². The second-order valence-corrected chi connectivity index (χ2v) is 5.85. The minimum atomic E-state index is -0.361. The van der Waals surface area contributed by atoms with Gasteiger partial charge in [-0.25, -0.2) is 0 Å². The fourth-order valence-corrected chi connectivity index (χ4v) is 2.94. The van der Waals surface area contributed by atoms with Crippen LogP contribution in [0.25, 0.3) is 10.9 Å². The van der Waals surface area contributed by atoms with Gasteiger partial charge < -0.3 is 25.6 Å². The number of aromatic hydroxyl groups is 2. The Bertz CT molecular complexity index is 936. The van der Waals surface area contributed by atoms with Crippen molar-refractivity contribution in [2.24, 2.45) is 0 Å². The van der Waals surface area contributed by atoms with Gasteiger partial charge in [-0.3, -0.25) is 4.79 Å². The molecule has 1 atom stereocenters. The lowest BCUT2D eigenvalue weighted by molar-refractivity contribution is 0.246. The highest BCUT2D eigenvalue weighted by Gasteiger charge is 2.15. The monoisotopic (exact) mass is 340 g/mol. The third-order valence-electron chi connectivity index (χ3n) is 4.24. The van der Waals surface area contributed by atoms with E-state index in [1.165, 1.54) is 12.1 Å². The zero-order chi connectivity index (χ0) is 17.8. The smallest absolute Gasteiger partial charge is 0.248 e. The van der Waals surface area contributed by atoms with Gasteiger partial charge in [-0.15, -0.1) is 0 Å². The summed E-state index contributed by atoms with van der Waals surface area (Å²) in [6, 6.07) is 13.0. The number of aliphatic hydroxyl groups excluding tert-OH is 1. The molecule has 0 saturated carbocycles. The Morgan fingerprint density at radius 1 is 1.00 bits per heavy atom. The highest BCUT2D eigenvalue weighted by atomic mass is 16.3. The molecular weight excluding hydrogens is 320 g/mol. The van der Waals surface area contributed by atoms with E-state index < -0.39 is 0 Å². The number of H-pyrrole nitrogens is 1. The van der Waals surface area contributed by atoms with E-state index in [2.05, 4.69) is 10.3 Å². The van der Waals surface area contributed by atoms with Crippen molar-refractivity contribution in [3.05, 3.63) is 70.0 Å². The number of rotatable bonds is 6. The second kappa shape index (κ2) is 7.38. The van der Waals surface area contributed by atoms with Crippen molar-refractivity contribution in [3.63, 3.8) is 0 Å². The first-order valence-electron chi connectivity index (χ1n) is 8.06. The van der Waals surface area contributed by atoms with Crippen LogP contribution in [0.5, 0.6) is 11.5 Å². The molecule has 3 rings (SSSR count). The summed E-state index contributed by atoms with van der Waals surface area (Å²) in [6.45, 7) is 0.411. The molecule has 6 nitrogen and oxygen atoms in total. The molecule has 0 spiro atoms. The van der Waals surface area contributed by atoms with E-state index in [4.69, 9.17) is 0 Å². The van der Waals surface area contributed by atoms with E-state index in [0.29, 0.717) is 23.9 Å². The molecule has 2 aromatic carbocycles. The molecule has 1 heterocycles. The third kappa shape index (κ3) is 3.65. The van der Waals surface area contributed by atoms with Crippen LogP contribution in [-0.4, -0.2) is 33.5 Å². The van der Waals surface area contributed by atoms with Crippen LogP contribution in [0.4, 0.5) is 0 Å². The largest absolute Gasteiger partial charge is 0.508 e. The van der Waals surface area contributed by atoms with Gasteiger partial charge in [0.25, 0.3) is 0 Å². The number of fused-ring (bicyclic) bond motifs is 1. The van der Waals surface area contributed by atoms with Crippen molar-refractivity contribution < 1.29 is 15.3 Å². The normalized spacial score (nSPS) is 12.4. The van der Waals surface area contributed by atoms with E-state index >= 15 is 0 Å². The Labute approximate surface area is 144 Å². The number of hydrogen-bond acceptors (Lipinski definition) is 5. The van der Waals surface area contributed by atoms with Crippen molar-refractivity contribution in [2.45, 2.75) is 12.5 Å². The van der Waals surface area contributed by atoms with Gasteiger partial charge in [-0.1, -0.05) is 24.3 Å². The first-order valence-corrected chi connectivity index (χ1v) is 8.06. The Morgan fingerprint density at radius 2 is 1.80 bits per heavy atom. The topological polar surface area (TPSA) is 106 Å². The number of aromatic amines is 1. The highest BCUT2D eigenvalue weighted by molar-refractivity contribution is 5.87. The number of para-hydroxylation sites is 1. The number of nitrogens with one attached hydrogen (secondary N) is 2. The van der Waals surface area contributed by atoms with Crippen LogP contribution in [0.15, 0.2) is 53.3 Å². The Kier molecular flexibility index (Phi) is 5.02.